The number of rotatable bonds is 4. The van der Waals surface area contributed by atoms with E-state index in [1.54, 1.807) is 13.1 Å². The van der Waals surface area contributed by atoms with Crippen molar-refractivity contribution in [1.29, 1.82) is 0 Å². The molecule has 1 rings (SSSR count). The van der Waals surface area contributed by atoms with E-state index in [0.29, 0.717) is 5.92 Å². The summed E-state index contributed by atoms with van der Waals surface area (Å²) >= 11 is 3.38. The van der Waals surface area contributed by atoms with Crippen LogP contribution in [0.15, 0.2) is 22.9 Å². The summed E-state index contributed by atoms with van der Waals surface area (Å²) in [7, 11) is 0. The normalized spacial score (nSPS) is 12.9. The highest BCUT2D eigenvalue weighted by atomic mass is 79.9. The minimum absolute atomic E-state index is 0.0982. The van der Waals surface area contributed by atoms with Gasteiger partial charge in [0.2, 0.25) is 0 Å². The van der Waals surface area contributed by atoms with E-state index in [1.165, 1.54) is 0 Å². The van der Waals surface area contributed by atoms with Crippen LogP contribution in [0.25, 0.3) is 0 Å². The lowest BCUT2D eigenvalue weighted by Gasteiger charge is -2.17. The number of nitrogens with zero attached hydrogens (tertiary/aromatic N) is 1. The zero-order valence-corrected chi connectivity index (χ0v) is 10.9. The van der Waals surface area contributed by atoms with Gasteiger partial charge in [-0.3, -0.25) is 9.78 Å². The second-order valence-corrected chi connectivity index (χ2v) is 5.09. The number of Topliss-reactive ketones (excluding diaryl/α,β-unsaturated/α-hetero) is 1. The summed E-state index contributed by atoms with van der Waals surface area (Å²) < 4.78 is 0.964. The maximum absolute atomic E-state index is 11.4. The van der Waals surface area contributed by atoms with Crippen LogP contribution < -0.4 is 0 Å². The molecule has 15 heavy (non-hydrogen) atoms. The van der Waals surface area contributed by atoms with Crippen molar-refractivity contribution in [3.8, 4) is 0 Å². The second-order valence-electron chi connectivity index (χ2n) is 4.18. The number of hydrogen-bond donors (Lipinski definition) is 0. The van der Waals surface area contributed by atoms with Crippen LogP contribution in [0.5, 0.6) is 0 Å². The van der Waals surface area contributed by atoms with Gasteiger partial charge in [-0.15, -0.1) is 0 Å². The summed E-state index contributed by atoms with van der Waals surface area (Å²) in [5.41, 5.74) is 1.11. The molecule has 0 aliphatic carbocycles. The lowest BCUT2D eigenvalue weighted by molar-refractivity contribution is -0.121. The molecule has 0 N–H and O–H groups in total. The molecule has 1 unspecified atom stereocenters. The molecule has 3 heteroatoms. The first-order chi connectivity index (χ1) is 7.00. The van der Waals surface area contributed by atoms with Gasteiger partial charge < -0.3 is 0 Å². The number of aromatic nitrogens is 1. The van der Waals surface area contributed by atoms with Gasteiger partial charge in [0.25, 0.3) is 0 Å². The van der Waals surface area contributed by atoms with Crippen molar-refractivity contribution in [2.75, 3.05) is 0 Å². The Balaban J connectivity index is 2.79. The maximum atomic E-state index is 11.4. The van der Waals surface area contributed by atoms with Crippen molar-refractivity contribution < 1.29 is 4.79 Å². The minimum atomic E-state index is 0.0982. The van der Waals surface area contributed by atoms with Gasteiger partial charge in [0.15, 0.2) is 0 Å². The fraction of sp³-hybridized carbons (Fsp3) is 0.500. The van der Waals surface area contributed by atoms with E-state index in [1.807, 2.05) is 12.3 Å². The zero-order valence-electron chi connectivity index (χ0n) is 9.33. The Morgan fingerprint density at radius 2 is 2.13 bits per heavy atom. The first kappa shape index (κ1) is 12.4. The molecule has 0 amide bonds. The van der Waals surface area contributed by atoms with E-state index < -0.39 is 0 Å². The van der Waals surface area contributed by atoms with Gasteiger partial charge in [-0.25, -0.2) is 0 Å². The first-order valence-corrected chi connectivity index (χ1v) is 5.90. The third-order valence-electron chi connectivity index (χ3n) is 2.54. The highest BCUT2D eigenvalue weighted by Gasteiger charge is 2.18. The first-order valence-electron chi connectivity index (χ1n) is 5.10. The van der Waals surface area contributed by atoms with Gasteiger partial charge in [-0.1, -0.05) is 13.8 Å². The van der Waals surface area contributed by atoms with E-state index in [2.05, 4.69) is 34.8 Å². The molecule has 0 saturated heterocycles. The van der Waals surface area contributed by atoms with Crippen LogP contribution in [0.3, 0.4) is 0 Å². The average Bonchev–Trinajstić information content (AvgIpc) is 2.13. The highest BCUT2D eigenvalue weighted by molar-refractivity contribution is 9.10. The van der Waals surface area contributed by atoms with Gasteiger partial charge in [-0.2, -0.15) is 0 Å². The molecule has 0 aliphatic rings. The van der Waals surface area contributed by atoms with Crippen molar-refractivity contribution in [1.82, 2.24) is 4.98 Å². The van der Waals surface area contributed by atoms with Crippen LogP contribution in [0.4, 0.5) is 0 Å². The molecule has 2 nitrogen and oxygen atoms in total. The number of pyridine rings is 1. The SMILES string of the molecule is CC(=O)C(Cc1cncc(Br)c1)C(C)C. The minimum Gasteiger partial charge on any atom is -0.300 e. The lowest BCUT2D eigenvalue weighted by atomic mass is 9.87. The Bertz CT molecular complexity index is 349. The molecule has 0 aliphatic heterocycles. The van der Waals surface area contributed by atoms with Crippen LogP contribution in [0.1, 0.15) is 26.3 Å². The molecule has 0 spiro atoms. The molecule has 0 fully saturated rings. The molecular weight excluding hydrogens is 254 g/mol. The Morgan fingerprint density at radius 3 is 2.60 bits per heavy atom. The molecule has 0 saturated carbocycles. The van der Waals surface area contributed by atoms with Crippen molar-refractivity contribution in [3.63, 3.8) is 0 Å². The predicted octanol–water partition coefficient (Wildman–Crippen LogP) is 3.25. The van der Waals surface area contributed by atoms with Crippen LogP contribution in [0.2, 0.25) is 0 Å². The van der Waals surface area contributed by atoms with Crippen LogP contribution >= 0.6 is 15.9 Å². The van der Waals surface area contributed by atoms with Crippen molar-refractivity contribution in [3.05, 3.63) is 28.5 Å². The molecule has 0 bridgehead atoms. The number of carbonyl (C=O) groups excluding carboxylic acids is 1. The molecule has 1 atom stereocenters. The lowest BCUT2D eigenvalue weighted by Crippen LogP contribution is -2.20. The van der Waals surface area contributed by atoms with Gasteiger partial charge in [0.1, 0.15) is 5.78 Å². The van der Waals surface area contributed by atoms with E-state index >= 15 is 0 Å². The van der Waals surface area contributed by atoms with Crippen molar-refractivity contribution in [2.45, 2.75) is 27.2 Å². The van der Waals surface area contributed by atoms with E-state index in [9.17, 15) is 4.79 Å². The van der Waals surface area contributed by atoms with Crippen molar-refractivity contribution in [2.24, 2.45) is 11.8 Å². The summed E-state index contributed by atoms with van der Waals surface area (Å²) in [6, 6.07) is 2.02. The molecule has 1 heterocycles. The fourth-order valence-electron chi connectivity index (χ4n) is 1.67. The standard InChI is InChI=1S/C12H16BrNO/c1-8(2)12(9(3)15)5-10-4-11(13)7-14-6-10/h4,6-8,12H,5H2,1-3H3. The summed E-state index contributed by atoms with van der Waals surface area (Å²) in [6.07, 6.45) is 4.35. The molecule has 0 radical (unpaired) electrons. The second kappa shape index (κ2) is 5.40. The smallest absolute Gasteiger partial charge is 0.133 e. The predicted molar refractivity (Wildman–Crippen MR) is 64.7 cm³/mol. The van der Waals surface area contributed by atoms with Gasteiger partial charge in [0, 0.05) is 22.8 Å². The van der Waals surface area contributed by atoms with Crippen LogP contribution in [-0.2, 0) is 11.2 Å². The quantitative estimate of drug-likeness (QED) is 0.840. The molecule has 1 aromatic rings. The molecule has 82 valence electrons. The van der Waals surface area contributed by atoms with E-state index in [-0.39, 0.29) is 11.7 Å². The average molecular weight is 270 g/mol. The maximum Gasteiger partial charge on any atom is 0.133 e. The summed E-state index contributed by atoms with van der Waals surface area (Å²) in [4.78, 5) is 15.5. The van der Waals surface area contributed by atoms with Gasteiger partial charge in [0.05, 0.1) is 0 Å². The Morgan fingerprint density at radius 1 is 1.47 bits per heavy atom. The van der Waals surface area contributed by atoms with Crippen molar-refractivity contribution >= 4 is 21.7 Å². The summed E-state index contributed by atoms with van der Waals surface area (Å²) in [5.74, 6) is 0.729. The number of ketones is 1. The molecule has 1 aromatic heterocycles. The monoisotopic (exact) mass is 269 g/mol. The number of hydrogen-bond acceptors (Lipinski definition) is 2. The van der Waals surface area contributed by atoms with Crippen LogP contribution in [-0.4, -0.2) is 10.8 Å². The number of carbonyl (C=O) groups is 1. The summed E-state index contributed by atoms with van der Waals surface area (Å²) in [5, 5.41) is 0. The topological polar surface area (TPSA) is 30.0 Å². The molecule has 0 aromatic carbocycles. The van der Waals surface area contributed by atoms with E-state index in [4.69, 9.17) is 0 Å². The fourth-order valence-corrected chi connectivity index (χ4v) is 2.08. The Kier molecular flexibility index (Phi) is 4.45. The third kappa shape index (κ3) is 3.74. The zero-order chi connectivity index (χ0) is 11.4. The molecular formula is C12H16BrNO. The van der Waals surface area contributed by atoms with E-state index in [0.717, 1.165) is 16.5 Å². The Hall–Kier alpha value is -0.700. The summed E-state index contributed by atoms with van der Waals surface area (Å²) in [6.45, 7) is 5.82. The number of halogens is 1. The van der Waals surface area contributed by atoms with Gasteiger partial charge in [-0.05, 0) is 46.8 Å². The largest absolute Gasteiger partial charge is 0.300 e. The third-order valence-corrected chi connectivity index (χ3v) is 2.98. The Labute approximate surface area is 99.2 Å². The van der Waals surface area contributed by atoms with Gasteiger partial charge >= 0.3 is 0 Å². The van der Waals surface area contributed by atoms with Crippen LogP contribution in [0, 0.1) is 11.8 Å². The highest BCUT2D eigenvalue weighted by Crippen LogP contribution is 2.19.